The van der Waals surface area contributed by atoms with Crippen molar-refractivity contribution in [3.8, 4) is 0 Å². The summed E-state index contributed by atoms with van der Waals surface area (Å²) in [6.07, 6.45) is 2.69. The smallest absolute Gasteiger partial charge is 0.407 e. The van der Waals surface area contributed by atoms with Crippen LogP contribution in [0.3, 0.4) is 0 Å². The normalized spacial score (nSPS) is 16.3. The zero-order chi connectivity index (χ0) is 15.0. The first kappa shape index (κ1) is 13.5. The van der Waals surface area contributed by atoms with Gasteiger partial charge >= 0.3 is 6.09 Å². The van der Waals surface area contributed by atoms with Crippen LogP contribution in [-0.2, 0) is 0 Å². The predicted octanol–water partition coefficient (Wildman–Crippen LogP) is 2.06. The van der Waals surface area contributed by atoms with Crippen molar-refractivity contribution in [2.24, 2.45) is 5.73 Å². The zero-order valence-corrected chi connectivity index (χ0v) is 11.5. The molecule has 6 nitrogen and oxygen atoms in total. The van der Waals surface area contributed by atoms with Crippen molar-refractivity contribution in [3.63, 3.8) is 0 Å². The largest absolute Gasteiger partial charge is 0.465 e. The molecule has 21 heavy (non-hydrogen) atoms. The molecule has 0 bridgehead atoms. The summed E-state index contributed by atoms with van der Waals surface area (Å²) in [4.78, 5) is 23.7. The first-order chi connectivity index (χ1) is 10.1. The molecule has 1 aliphatic heterocycles. The van der Waals surface area contributed by atoms with Gasteiger partial charge in [-0.3, -0.25) is 4.79 Å². The number of piperidine rings is 1. The van der Waals surface area contributed by atoms with Crippen molar-refractivity contribution >= 4 is 22.9 Å². The van der Waals surface area contributed by atoms with Gasteiger partial charge in [-0.15, -0.1) is 0 Å². The molecule has 6 heteroatoms. The molecule has 3 N–H and O–H groups in total. The monoisotopic (exact) mass is 287 g/mol. The summed E-state index contributed by atoms with van der Waals surface area (Å²) in [6, 6.07) is 7.67. The molecule has 0 aliphatic carbocycles. The average Bonchev–Trinajstić information content (AvgIpc) is 2.90. The Morgan fingerprint density at radius 1 is 1.19 bits per heavy atom. The van der Waals surface area contributed by atoms with Gasteiger partial charge in [0, 0.05) is 36.4 Å². The van der Waals surface area contributed by atoms with Crippen LogP contribution in [0.5, 0.6) is 0 Å². The fraction of sp³-hybridized carbons (Fsp3) is 0.333. The fourth-order valence-corrected chi connectivity index (χ4v) is 2.96. The van der Waals surface area contributed by atoms with Crippen LogP contribution < -0.4 is 5.73 Å². The molecule has 1 aromatic carbocycles. The van der Waals surface area contributed by atoms with Gasteiger partial charge in [0.15, 0.2) is 0 Å². The summed E-state index contributed by atoms with van der Waals surface area (Å²) < 4.78 is 2.13. The third-order valence-electron chi connectivity index (χ3n) is 4.14. The summed E-state index contributed by atoms with van der Waals surface area (Å²) in [5.41, 5.74) is 6.80. The van der Waals surface area contributed by atoms with E-state index in [1.54, 1.807) is 12.1 Å². The van der Waals surface area contributed by atoms with E-state index in [4.69, 9.17) is 10.8 Å². The second-order valence-corrected chi connectivity index (χ2v) is 5.36. The number of nitrogens with zero attached hydrogens (tertiary/aromatic N) is 2. The number of amides is 2. The number of nitrogens with two attached hydrogens (primary N) is 1. The second kappa shape index (κ2) is 5.12. The first-order valence-electron chi connectivity index (χ1n) is 6.94. The minimum Gasteiger partial charge on any atom is -0.465 e. The number of benzene rings is 1. The molecule has 0 atom stereocenters. The molecule has 2 heterocycles. The molecule has 0 spiro atoms. The van der Waals surface area contributed by atoms with E-state index in [1.165, 1.54) is 4.90 Å². The molecular formula is C15H17N3O3. The quantitative estimate of drug-likeness (QED) is 0.886. The lowest BCUT2D eigenvalue weighted by molar-refractivity contribution is 0.1000. The summed E-state index contributed by atoms with van der Waals surface area (Å²) in [6.45, 7) is 1.07. The van der Waals surface area contributed by atoms with Crippen molar-refractivity contribution in [1.29, 1.82) is 0 Å². The number of carboxylic acid groups (broad SMARTS) is 1. The van der Waals surface area contributed by atoms with Gasteiger partial charge in [0.2, 0.25) is 5.91 Å². The number of primary amides is 1. The van der Waals surface area contributed by atoms with Crippen molar-refractivity contribution < 1.29 is 14.7 Å². The minimum absolute atomic E-state index is 0.251. The summed E-state index contributed by atoms with van der Waals surface area (Å²) in [7, 11) is 0. The number of hydrogen-bond acceptors (Lipinski definition) is 2. The molecule has 110 valence electrons. The van der Waals surface area contributed by atoms with Crippen LogP contribution in [0.2, 0.25) is 0 Å². The van der Waals surface area contributed by atoms with E-state index in [2.05, 4.69) is 4.57 Å². The molecule has 1 aromatic heterocycles. The molecule has 2 amide bonds. The Morgan fingerprint density at radius 3 is 2.52 bits per heavy atom. The molecule has 3 rings (SSSR count). The van der Waals surface area contributed by atoms with Gasteiger partial charge in [-0.25, -0.2) is 4.79 Å². The highest BCUT2D eigenvalue weighted by Crippen LogP contribution is 2.28. The highest BCUT2D eigenvalue weighted by molar-refractivity contribution is 5.97. The Morgan fingerprint density at radius 2 is 1.90 bits per heavy atom. The Balaban J connectivity index is 1.89. The fourth-order valence-electron chi connectivity index (χ4n) is 2.96. The van der Waals surface area contributed by atoms with Crippen LogP contribution >= 0.6 is 0 Å². The lowest BCUT2D eigenvalue weighted by Crippen LogP contribution is -2.37. The number of hydrogen-bond donors (Lipinski definition) is 2. The van der Waals surface area contributed by atoms with Crippen LogP contribution in [0.1, 0.15) is 29.2 Å². The van der Waals surface area contributed by atoms with Gasteiger partial charge in [0.05, 0.1) is 0 Å². The number of carbonyl (C=O) groups excluding carboxylic acids is 1. The topological polar surface area (TPSA) is 88.6 Å². The summed E-state index contributed by atoms with van der Waals surface area (Å²) in [5, 5.41) is 10.0. The Kier molecular flexibility index (Phi) is 3.29. The van der Waals surface area contributed by atoms with Gasteiger partial charge in [0.25, 0.3) is 0 Å². The van der Waals surface area contributed by atoms with Gasteiger partial charge in [-0.05, 0) is 36.4 Å². The van der Waals surface area contributed by atoms with Gasteiger partial charge in [-0.1, -0.05) is 6.07 Å². The van der Waals surface area contributed by atoms with E-state index in [0.717, 1.165) is 23.7 Å². The van der Waals surface area contributed by atoms with Crippen LogP contribution in [0.25, 0.3) is 10.9 Å². The molecule has 1 saturated heterocycles. The second-order valence-electron chi connectivity index (χ2n) is 5.36. The Hall–Kier alpha value is -2.50. The van der Waals surface area contributed by atoms with E-state index in [9.17, 15) is 9.59 Å². The van der Waals surface area contributed by atoms with Crippen molar-refractivity contribution in [1.82, 2.24) is 9.47 Å². The maximum absolute atomic E-state index is 11.3. The lowest BCUT2D eigenvalue weighted by Gasteiger charge is -2.31. The van der Waals surface area contributed by atoms with Crippen molar-refractivity contribution in [2.45, 2.75) is 18.9 Å². The van der Waals surface area contributed by atoms with Crippen LogP contribution in [-0.4, -0.2) is 39.7 Å². The average molecular weight is 287 g/mol. The standard InChI is InChI=1S/C15H17N3O3/c16-14(19)11-2-1-10-3-8-18(13(10)9-11)12-4-6-17(7-5-12)15(20)21/h1-3,8-9,12H,4-7H2,(H2,16,19)(H,20,21). The zero-order valence-electron chi connectivity index (χ0n) is 11.5. The molecule has 0 saturated carbocycles. The number of rotatable bonds is 2. The molecule has 1 aliphatic rings. The molecule has 0 radical (unpaired) electrons. The van der Waals surface area contributed by atoms with Gasteiger partial charge in [-0.2, -0.15) is 0 Å². The molecule has 1 fully saturated rings. The lowest BCUT2D eigenvalue weighted by atomic mass is 10.0. The van der Waals surface area contributed by atoms with E-state index >= 15 is 0 Å². The van der Waals surface area contributed by atoms with Crippen LogP contribution in [0, 0.1) is 0 Å². The molecule has 2 aromatic rings. The van der Waals surface area contributed by atoms with Gasteiger partial charge < -0.3 is 20.3 Å². The highest BCUT2D eigenvalue weighted by Gasteiger charge is 2.24. The van der Waals surface area contributed by atoms with Crippen LogP contribution in [0.15, 0.2) is 30.5 Å². The van der Waals surface area contributed by atoms with E-state index in [1.807, 2.05) is 18.3 Å². The van der Waals surface area contributed by atoms with E-state index in [0.29, 0.717) is 18.7 Å². The Labute approximate surface area is 121 Å². The minimum atomic E-state index is -0.859. The molecule has 0 unspecified atom stereocenters. The Bertz CT molecular complexity index is 699. The number of carbonyl (C=O) groups is 2. The van der Waals surface area contributed by atoms with E-state index < -0.39 is 12.0 Å². The third kappa shape index (κ3) is 2.44. The summed E-state index contributed by atoms with van der Waals surface area (Å²) >= 11 is 0. The van der Waals surface area contributed by atoms with Gasteiger partial charge in [0.1, 0.15) is 0 Å². The maximum atomic E-state index is 11.3. The number of fused-ring (bicyclic) bond motifs is 1. The number of aromatic nitrogens is 1. The highest BCUT2D eigenvalue weighted by atomic mass is 16.4. The summed E-state index contributed by atoms with van der Waals surface area (Å²) in [5.74, 6) is -0.439. The first-order valence-corrected chi connectivity index (χ1v) is 6.94. The van der Waals surface area contributed by atoms with Crippen molar-refractivity contribution in [2.75, 3.05) is 13.1 Å². The maximum Gasteiger partial charge on any atom is 0.407 e. The van der Waals surface area contributed by atoms with Crippen molar-refractivity contribution in [3.05, 3.63) is 36.0 Å². The molecular weight excluding hydrogens is 270 g/mol. The van der Waals surface area contributed by atoms with Crippen LogP contribution in [0.4, 0.5) is 4.79 Å². The number of likely N-dealkylation sites (tertiary alicyclic amines) is 1. The SMILES string of the molecule is NC(=O)c1ccc2ccn(C3CCN(C(=O)O)CC3)c2c1. The third-order valence-corrected chi connectivity index (χ3v) is 4.14. The van der Waals surface area contributed by atoms with E-state index in [-0.39, 0.29) is 6.04 Å². The predicted molar refractivity (Wildman–Crippen MR) is 78.3 cm³/mol.